The zero-order valence-electron chi connectivity index (χ0n) is 15.8. The number of ether oxygens (including phenoxy) is 2. The number of rotatable bonds is 7. The first kappa shape index (κ1) is 21.7. The third kappa shape index (κ3) is 5.13. The van der Waals surface area contributed by atoms with Crippen LogP contribution in [0.25, 0.3) is 10.2 Å². The number of nitrogens with zero attached hydrogens (tertiary/aromatic N) is 2. The Kier molecular flexibility index (Phi) is 6.89. The van der Waals surface area contributed by atoms with Crippen LogP contribution in [0.4, 0.5) is 0 Å². The van der Waals surface area contributed by atoms with Gasteiger partial charge >= 0.3 is 0 Å². The number of halogens is 1. The van der Waals surface area contributed by atoms with Gasteiger partial charge in [-0.25, -0.2) is 8.42 Å². The largest absolute Gasteiger partial charge is 0.497 e. The summed E-state index contributed by atoms with van der Waals surface area (Å²) < 4.78 is 39.0. The molecule has 1 heterocycles. The van der Waals surface area contributed by atoms with Gasteiger partial charge in [0.05, 0.1) is 28.8 Å². The maximum Gasteiger partial charge on any atom is 0.263 e. The number of amides is 1. The molecule has 7 nitrogen and oxygen atoms in total. The summed E-state index contributed by atoms with van der Waals surface area (Å²) in [4.78, 5) is 17.1. The van der Waals surface area contributed by atoms with Gasteiger partial charge in [0, 0.05) is 18.1 Å². The van der Waals surface area contributed by atoms with Crippen LogP contribution in [0.2, 0.25) is 0 Å². The summed E-state index contributed by atoms with van der Waals surface area (Å²) in [5.74, 6) is -0.894. The molecule has 29 heavy (non-hydrogen) atoms. The quantitative estimate of drug-likeness (QED) is 0.499. The number of benzene rings is 2. The second-order valence-electron chi connectivity index (χ2n) is 6.08. The number of carbonyl (C=O) groups excluding carboxylic acids is 1. The van der Waals surface area contributed by atoms with Crippen molar-refractivity contribution < 1.29 is 22.7 Å². The number of hydrogen-bond donors (Lipinski definition) is 0. The Morgan fingerprint density at radius 1 is 1.17 bits per heavy atom. The third-order valence-corrected chi connectivity index (χ3v) is 7.27. The van der Waals surface area contributed by atoms with E-state index in [0.29, 0.717) is 23.7 Å². The minimum atomic E-state index is -3.81. The van der Waals surface area contributed by atoms with Gasteiger partial charge < -0.3 is 14.0 Å². The van der Waals surface area contributed by atoms with Gasteiger partial charge in [0.25, 0.3) is 5.91 Å². The molecule has 0 spiro atoms. The van der Waals surface area contributed by atoms with Gasteiger partial charge in [-0.3, -0.25) is 4.79 Å². The van der Waals surface area contributed by atoms with Crippen LogP contribution in [0.5, 0.6) is 5.75 Å². The lowest BCUT2D eigenvalue weighted by atomic mass is 10.3. The second-order valence-corrected chi connectivity index (χ2v) is 10.00. The molecule has 0 bridgehead atoms. The van der Waals surface area contributed by atoms with Crippen LogP contribution < -0.4 is 9.54 Å². The van der Waals surface area contributed by atoms with Gasteiger partial charge in [-0.15, -0.1) is 0 Å². The molecule has 0 atom stereocenters. The average molecular weight is 499 g/mol. The summed E-state index contributed by atoms with van der Waals surface area (Å²) >= 11 is 4.75. The molecule has 10 heteroatoms. The molecule has 0 aliphatic heterocycles. The normalized spacial score (nSPS) is 12.4. The Morgan fingerprint density at radius 3 is 2.55 bits per heavy atom. The lowest BCUT2D eigenvalue weighted by molar-refractivity contribution is -0.115. The zero-order chi connectivity index (χ0) is 21.0. The van der Waals surface area contributed by atoms with Crippen LogP contribution in [-0.2, 0) is 25.9 Å². The van der Waals surface area contributed by atoms with E-state index in [-0.39, 0.29) is 4.90 Å². The van der Waals surface area contributed by atoms with Crippen molar-refractivity contribution in [3.63, 3.8) is 0 Å². The van der Waals surface area contributed by atoms with Gasteiger partial charge in [0.2, 0.25) is 0 Å². The topological polar surface area (TPSA) is 87.0 Å². The van der Waals surface area contributed by atoms with Gasteiger partial charge in [0.15, 0.2) is 14.6 Å². The SMILES string of the molecule is COCCn1c(=NC(=O)CS(=O)(=O)c2ccc(OC)cc2)sc2cc(Br)ccc21. The maximum absolute atomic E-state index is 12.6. The van der Waals surface area contributed by atoms with Gasteiger partial charge in [0.1, 0.15) is 11.5 Å². The molecule has 0 fully saturated rings. The van der Waals surface area contributed by atoms with Gasteiger partial charge in [-0.1, -0.05) is 27.3 Å². The maximum atomic E-state index is 12.6. The number of carbonyl (C=O) groups is 1. The molecule has 0 aliphatic rings. The van der Waals surface area contributed by atoms with E-state index in [9.17, 15) is 13.2 Å². The Labute approximate surface area is 180 Å². The number of aromatic nitrogens is 1. The van der Waals surface area contributed by atoms with E-state index in [2.05, 4.69) is 20.9 Å². The summed E-state index contributed by atoms with van der Waals surface area (Å²) in [5.41, 5.74) is 0.903. The van der Waals surface area contributed by atoms with Crippen molar-refractivity contribution in [1.29, 1.82) is 0 Å². The smallest absolute Gasteiger partial charge is 0.263 e. The Balaban J connectivity index is 1.94. The van der Waals surface area contributed by atoms with Crippen molar-refractivity contribution in [2.45, 2.75) is 11.4 Å². The van der Waals surface area contributed by atoms with Crippen LogP contribution in [0.1, 0.15) is 0 Å². The van der Waals surface area contributed by atoms with Crippen molar-refractivity contribution in [3.05, 3.63) is 51.7 Å². The van der Waals surface area contributed by atoms with Crippen molar-refractivity contribution >= 4 is 53.2 Å². The van der Waals surface area contributed by atoms with Gasteiger partial charge in [-0.2, -0.15) is 4.99 Å². The Hall–Kier alpha value is -2.01. The molecule has 0 N–H and O–H groups in total. The van der Waals surface area contributed by atoms with E-state index in [4.69, 9.17) is 9.47 Å². The molecule has 3 rings (SSSR count). The first-order valence-electron chi connectivity index (χ1n) is 8.56. The van der Waals surface area contributed by atoms with Crippen LogP contribution in [0, 0.1) is 0 Å². The molecule has 3 aromatic rings. The molecule has 1 amide bonds. The van der Waals surface area contributed by atoms with Crippen LogP contribution in [0.15, 0.2) is 56.8 Å². The number of hydrogen-bond acceptors (Lipinski definition) is 6. The first-order chi connectivity index (χ1) is 13.8. The second kappa shape index (κ2) is 9.21. The zero-order valence-corrected chi connectivity index (χ0v) is 19.0. The highest BCUT2D eigenvalue weighted by molar-refractivity contribution is 9.10. The van der Waals surface area contributed by atoms with Crippen molar-refractivity contribution in [3.8, 4) is 5.75 Å². The molecular formula is C19H19BrN2O5S2. The molecule has 0 radical (unpaired) electrons. The van der Waals surface area contributed by atoms with Crippen molar-refractivity contribution in [2.24, 2.45) is 4.99 Å². The molecule has 154 valence electrons. The fraction of sp³-hybridized carbons (Fsp3) is 0.263. The van der Waals surface area contributed by atoms with E-state index < -0.39 is 21.5 Å². The number of thiazole rings is 1. The predicted octanol–water partition coefficient (Wildman–Crippen LogP) is 3.02. The molecule has 2 aromatic carbocycles. The summed E-state index contributed by atoms with van der Waals surface area (Å²) in [5, 5.41) is 0. The highest BCUT2D eigenvalue weighted by Crippen LogP contribution is 2.22. The van der Waals surface area contributed by atoms with Crippen LogP contribution in [0.3, 0.4) is 0 Å². The first-order valence-corrected chi connectivity index (χ1v) is 11.8. The van der Waals surface area contributed by atoms with Crippen molar-refractivity contribution in [2.75, 3.05) is 26.6 Å². The van der Waals surface area contributed by atoms with Gasteiger partial charge in [-0.05, 0) is 42.5 Å². The number of methoxy groups -OCH3 is 2. The van der Waals surface area contributed by atoms with E-state index in [1.807, 2.05) is 22.8 Å². The summed E-state index contributed by atoms with van der Waals surface area (Å²) in [7, 11) is -0.720. The highest BCUT2D eigenvalue weighted by Gasteiger charge is 2.19. The molecule has 0 unspecified atom stereocenters. The van der Waals surface area contributed by atoms with Crippen LogP contribution >= 0.6 is 27.3 Å². The molecular weight excluding hydrogens is 480 g/mol. The number of fused-ring (bicyclic) bond motifs is 1. The predicted molar refractivity (Wildman–Crippen MR) is 115 cm³/mol. The molecule has 1 aromatic heterocycles. The van der Waals surface area contributed by atoms with E-state index in [0.717, 1.165) is 14.7 Å². The molecule has 0 saturated carbocycles. The minimum absolute atomic E-state index is 0.0504. The van der Waals surface area contributed by atoms with Crippen LogP contribution in [-0.4, -0.2) is 45.5 Å². The lowest BCUT2D eigenvalue weighted by Crippen LogP contribution is -2.22. The summed E-state index contributed by atoms with van der Waals surface area (Å²) in [6.07, 6.45) is 0. The monoisotopic (exact) mass is 498 g/mol. The Morgan fingerprint density at radius 2 is 1.90 bits per heavy atom. The highest BCUT2D eigenvalue weighted by atomic mass is 79.9. The van der Waals surface area contributed by atoms with E-state index in [1.54, 1.807) is 7.11 Å². The minimum Gasteiger partial charge on any atom is -0.497 e. The fourth-order valence-electron chi connectivity index (χ4n) is 2.70. The van der Waals surface area contributed by atoms with E-state index in [1.165, 1.54) is 42.7 Å². The van der Waals surface area contributed by atoms with E-state index >= 15 is 0 Å². The molecule has 0 saturated heterocycles. The average Bonchev–Trinajstić information content (AvgIpc) is 3.01. The third-order valence-electron chi connectivity index (χ3n) is 4.12. The summed E-state index contributed by atoms with van der Waals surface area (Å²) in [6, 6.07) is 11.7. The van der Waals surface area contributed by atoms with Crippen molar-refractivity contribution in [1.82, 2.24) is 4.57 Å². The molecule has 0 aliphatic carbocycles. The standard InChI is InChI=1S/C19H19BrN2O5S2/c1-26-10-9-22-16-8-3-13(20)11-17(16)28-19(22)21-18(23)12-29(24,25)15-6-4-14(27-2)5-7-15/h3-8,11H,9-10,12H2,1-2H3. The number of sulfone groups is 1. The Bertz CT molecular complexity index is 1200. The lowest BCUT2D eigenvalue weighted by Gasteiger charge is -2.05. The fourth-order valence-corrected chi connectivity index (χ4v) is 5.43. The summed E-state index contributed by atoms with van der Waals surface area (Å²) in [6.45, 7) is 0.933.